The van der Waals surface area contributed by atoms with Gasteiger partial charge in [0.25, 0.3) is 5.91 Å². The molecule has 2 aromatic rings. The maximum absolute atomic E-state index is 13.6. The Morgan fingerprint density at radius 2 is 1.67 bits per heavy atom. The molecule has 3 rings (SSSR count). The van der Waals surface area contributed by atoms with E-state index in [0.29, 0.717) is 5.56 Å². The molecular formula is C21H23F3N4O2. The van der Waals surface area contributed by atoms with Crippen LogP contribution in [0.4, 0.5) is 29.3 Å². The number of rotatable bonds is 4. The lowest BCUT2D eigenvalue weighted by Crippen LogP contribution is -2.45. The Hall–Kier alpha value is -3.07. The van der Waals surface area contributed by atoms with Crippen LogP contribution in [0.2, 0.25) is 0 Å². The van der Waals surface area contributed by atoms with Crippen molar-refractivity contribution < 1.29 is 22.8 Å². The molecule has 0 spiro atoms. The number of benzene rings is 2. The van der Waals surface area contributed by atoms with E-state index < -0.39 is 23.7 Å². The molecule has 0 bridgehead atoms. The smallest absolute Gasteiger partial charge is 0.335 e. The van der Waals surface area contributed by atoms with Gasteiger partial charge < -0.3 is 20.9 Å². The van der Waals surface area contributed by atoms with Gasteiger partial charge in [0.15, 0.2) is 0 Å². The number of likely N-dealkylation sites (tertiary alicyclic amines) is 1. The highest BCUT2D eigenvalue weighted by Gasteiger charge is 2.34. The Balaban J connectivity index is 1.71. The van der Waals surface area contributed by atoms with Crippen molar-refractivity contribution in [1.29, 1.82) is 0 Å². The van der Waals surface area contributed by atoms with Crippen LogP contribution in [-0.2, 0) is 6.18 Å². The van der Waals surface area contributed by atoms with Gasteiger partial charge >= 0.3 is 12.2 Å². The SMILES string of the molecule is CN1CCC(NC(=O)Nc2ccc(NC(=O)c3ccccc3)cc2C(F)(F)F)CC1. The molecule has 0 unspecified atom stereocenters. The first kappa shape index (κ1) is 21.6. The molecule has 30 heavy (non-hydrogen) atoms. The predicted molar refractivity (Wildman–Crippen MR) is 109 cm³/mol. The number of alkyl halides is 3. The third-order valence-corrected chi connectivity index (χ3v) is 4.92. The largest absolute Gasteiger partial charge is 0.418 e. The van der Waals surface area contributed by atoms with Crippen LogP contribution in [0.1, 0.15) is 28.8 Å². The number of hydrogen-bond donors (Lipinski definition) is 3. The fourth-order valence-corrected chi connectivity index (χ4v) is 3.26. The van der Waals surface area contributed by atoms with E-state index in [9.17, 15) is 22.8 Å². The Kier molecular flexibility index (Phi) is 6.61. The van der Waals surface area contributed by atoms with E-state index in [0.717, 1.165) is 38.1 Å². The number of carbonyl (C=O) groups excluding carboxylic acids is 2. The van der Waals surface area contributed by atoms with E-state index >= 15 is 0 Å². The number of amides is 3. The van der Waals surface area contributed by atoms with Crippen LogP contribution >= 0.6 is 0 Å². The molecule has 160 valence electrons. The minimum absolute atomic E-state index is 0.0162. The van der Waals surface area contributed by atoms with Gasteiger partial charge in [-0.05, 0) is 63.3 Å². The molecule has 3 N–H and O–H groups in total. The molecule has 1 saturated heterocycles. The van der Waals surface area contributed by atoms with Gasteiger partial charge in [-0.2, -0.15) is 13.2 Å². The number of hydrogen-bond acceptors (Lipinski definition) is 3. The van der Waals surface area contributed by atoms with Crippen molar-refractivity contribution in [1.82, 2.24) is 10.2 Å². The summed E-state index contributed by atoms with van der Waals surface area (Å²) < 4.78 is 40.7. The summed E-state index contributed by atoms with van der Waals surface area (Å²) in [6.45, 7) is 1.63. The minimum atomic E-state index is -4.70. The van der Waals surface area contributed by atoms with Crippen LogP contribution < -0.4 is 16.0 Å². The number of halogens is 3. The predicted octanol–water partition coefficient (Wildman–Crippen LogP) is 4.17. The molecule has 1 aliphatic heterocycles. The topological polar surface area (TPSA) is 73.5 Å². The summed E-state index contributed by atoms with van der Waals surface area (Å²) in [6, 6.07) is 10.7. The Morgan fingerprint density at radius 3 is 2.30 bits per heavy atom. The third-order valence-electron chi connectivity index (χ3n) is 4.92. The molecule has 0 saturated carbocycles. The number of anilines is 2. The number of carbonyl (C=O) groups is 2. The maximum atomic E-state index is 13.6. The summed E-state index contributed by atoms with van der Waals surface area (Å²) in [5.74, 6) is -0.524. The fourth-order valence-electron chi connectivity index (χ4n) is 3.26. The maximum Gasteiger partial charge on any atom is 0.418 e. The first-order valence-electron chi connectivity index (χ1n) is 9.56. The minimum Gasteiger partial charge on any atom is -0.335 e. The van der Waals surface area contributed by atoms with Crippen LogP contribution in [0, 0.1) is 0 Å². The third kappa shape index (κ3) is 5.73. The van der Waals surface area contributed by atoms with Crippen molar-refractivity contribution in [3.05, 3.63) is 59.7 Å². The monoisotopic (exact) mass is 420 g/mol. The van der Waals surface area contributed by atoms with Gasteiger partial charge in [-0.15, -0.1) is 0 Å². The summed E-state index contributed by atoms with van der Waals surface area (Å²) >= 11 is 0. The zero-order valence-electron chi connectivity index (χ0n) is 16.4. The van der Waals surface area contributed by atoms with Crippen LogP contribution in [0.15, 0.2) is 48.5 Å². The summed E-state index contributed by atoms with van der Waals surface area (Å²) in [4.78, 5) is 26.5. The molecule has 3 amide bonds. The Morgan fingerprint density at radius 1 is 1.00 bits per heavy atom. The van der Waals surface area contributed by atoms with Gasteiger partial charge in [-0.25, -0.2) is 4.79 Å². The van der Waals surface area contributed by atoms with Gasteiger partial charge in [-0.1, -0.05) is 18.2 Å². The number of nitrogens with zero attached hydrogens (tertiary/aromatic N) is 1. The van der Waals surface area contributed by atoms with Crippen molar-refractivity contribution in [3.8, 4) is 0 Å². The quantitative estimate of drug-likeness (QED) is 0.695. The molecule has 1 fully saturated rings. The molecule has 0 aromatic heterocycles. The molecule has 0 radical (unpaired) electrons. The molecule has 2 aromatic carbocycles. The van der Waals surface area contributed by atoms with Crippen LogP contribution in [0.5, 0.6) is 0 Å². The van der Waals surface area contributed by atoms with Gasteiger partial charge in [0.2, 0.25) is 0 Å². The molecule has 1 heterocycles. The Bertz CT molecular complexity index is 895. The van der Waals surface area contributed by atoms with E-state index in [1.165, 1.54) is 6.07 Å². The average Bonchev–Trinajstić information content (AvgIpc) is 2.70. The fraction of sp³-hybridized carbons (Fsp3) is 0.333. The van der Waals surface area contributed by atoms with Gasteiger partial charge in [0.05, 0.1) is 11.3 Å². The normalized spacial score (nSPS) is 15.5. The highest BCUT2D eigenvalue weighted by molar-refractivity contribution is 6.04. The molecule has 0 atom stereocenters. The second-order valence-electron chi connectivity index (χ2n) is 7.25. The average molecular weight is 420 g/mol. The van der Waals surface area contributed by atoms with Crippen LogP contribution in [-0.4, -0.2) is 43.0 Å². The van der Waals surface area contributed by atoms with Crippen molar-refractivity contribution in [2.24, 2.45) is 0 Å². The van der Waals surface area contributed by atoms with Crippen molar-refractivity contribution in [2.45, 2.75) is 25.1 Å². The van der Waals surface area contributed by atoms with Crippen molar-refractivity contribution >= 4 is 23.3 Å². The van der Waals surface area contributed by atoms with Crippen LogP contribution in [0.25, 0.3) is 0 Å². The summed E-state index contributed by atoms with van der Waals surface area (Å²) in [5, 5.41) is 7.46. The molecule has 0 aliphatic carbocycles. The number of nitrogens with one attached hydrogen (secondary N) is 3. The lowest BCUT2D eigenvalue weighted by Gasteiger charge is -2.29. The zero-order chi connectivity index (χ0) is 21.7. The summed E-state index contributed by atoms with van der Waals surface area (Å²) in [5.41, 5.74) is -1.10. The van der Waals surface area contributed by atoms with Crippen LogP contribution in [0.3, 0.4) is 0 Å². The molecular weight excluding hydrogens is 397 g/mol. The first-order valence-corrected chi connectivity index (χ1v) is 9.56. The van der Waals surface area contributed by atoms with Crippen molar-refractivity contribution in [2.75, 3.05) is 30.8 Å². The van der Waals surface area contributed by atoms with E-state index in [2.05, 4.69) is 20.9 Å². The lowest BCUT2D eigenvalue weighted by molar-refractivity contribution is -0.136. The van der Waals surface area contributed by atoms with Crippen molar-refractivity contribution in [3.63, 3.8) is 0 Å². The standard InChI is InChI=1S/C21H23F3N4O2/c1-28-11-9-15(10-12-28)26-20(30)27-18-8-7-16(13-17(18)21(22,23)24)25-19(29)14-5-3-2-4-6-14/h2-8,13,15H,9-12H2,1H3,(H,25,29)(H2,26,27,30). The highest BCUT2D eigenvalue weighted by Crippen LogP contribution is 2.36. The summed E-state index contributed by atoms with van der Waals surface area (Å²) in [7, 11) is 1.98. The Labute approximate surface area is 172 Å². The number of urea groups is 1. The molecule has 1 aliphatic rings. The van der Waals surface area contributed by atoms with E-state index in [1.54, 1.807) is 30.3 Å². The van der Waals surface area contributed by atoms with Gasteiger partial charge in [-0.3, -0.25) is 4.79 Å². The number of piperidine rings is 1. The summed E-state index contributed by atoms with van der Waals surface area (Å²) in [6.07, 6.45) is -3.23. The van der Waals surface area contributed by atoms with E-state index in [4.69, 9.17) is 0 Å². The van der Waals surface area contributed by atoms with Gasteiger partial charge in [0, 0.05) is 17.3 Å². The lowest BCUT2D eigenvalue weighted by atomic mass is 10.1. The van der Waals surface area contributed by atoms with E-state index in [1.807, 2.05) is 7.05 Å². The van der Waals surface area contributed by atoms with Gasteiger partial charge in [0.1, 0.15) is 0 Å². The first-order chi connectivity index (χ1) is 14.2. The highest BCUT2D eigenvalue weighted by atomic mass is 19.4. The molecule has 6 nitrogen and oxygen atoms in total. The zero-order valence-corrected chi connectivity index (χ0v) is 16.4. The second-order valence-corrected chi connectivity index (χ2v) is 7.25. The van der Waals surface area contributed by atoms with E-state index in [-0.39, 0.29) is 17.4 Å². The second kappa shape index (κ2) is 9.17. The molecule has 9 heteroatoms.